The molecule has 0 atom stereocenters. The number of aryl methyl sites for hydroxylation is 1. The number of benzene rings is 1. The van der Waals surface area contributed by atoms with Gasteiger partial charge in [0, 0.05) is 42.7 Å². The lowest BCUT2D eigenvalue weighted by molar-refractivity contribution is 0.0695. The molecule has 0 spiro atoms. The van der Waals surface area contributed by atoms with Crippen molar-refractivity contribution in [2.45, 2.75) is 20.4 Å². The van der Waals surface area contributed by atoms with Crippen molar-refractivity contribution in [2.75, 3.05) is 0 Å². The molecule has 2 heterocycles. The van der Waals surface area contributed by atoms with E-state index in [0.29, 0.717) is 28.4 Å². The molecule has 3 rings (SSSR count). The monoisotopic (exact) mass is 432 g/mol. The highest BCUT2D eigenvalue weighted by atomic mass is 35.5. The number of halogens is 2. The van der Waals surface area contributed by atoms with Crippen molar-refractivity contribution in [1.29, 1.82) is 0 Å². The highest BCUT2D eigenvalue weighted by Gasteiger charge is 2.26. The summed E-state index contributed by atoms with van der Waals surface area (Å²) in [5.41, 5.74) is 0.488. The first-order valence-corrected chi connectivity index (χ1v) is 9.56. The Bertz CT molecular complexity index is 1260. The third-order valence-electron chi connectivity index (χ3n) is 4.84. The number of aromatic carboxylic acids is 1. The summed E-state index contributed by atoms with van der Waals surface area (Å²) in [6, 6.07) is 7.66. The molecule has 0 aliphatic carbocycles. The summed E-state index contributed by atoms with van der Waals surface area (Å²) < 4.78 is 3.11. The molecule has 150 valence electrons. The van der Waals surface area contributed by atoms with Crippen molar-refractivity contribution >= 4 is 29.2 Å². The Balaban J connectivity index is 2.47. The number of nitrogens with zero attached hydrogens (tertiary/aromatic N) is 2. The largest absolute Gasteiger partial charge is 0.477 e. The molecule has 2 aromatic heterocycles. The fourth-order valence-corrected chi connectivity index (χ4v) is 3.71. The SMILES string of the molecule is CCn1c(C)c(-c2ccn(C)c(=O)c2)c(=O)c(C(=O)O)c1-c1ccc(Cl)c(Cl)c1. The molecule has 0 radical (unpaired) electrons. The molecule has 0 aliphatic heterocycles. The van der Waals surface area contributed by atoms with E-state index in [1.807, 2.05) is 6.92 Å². The highest BCUT2D eigenvalue weighted by Crippen LogP contribution is 2.32. The van der Waals surface area contributed by atoms with E-state index in [4.69, 9.17) is 23.2 Å². The van der Waals surface area contributed by atoms with Crippen LogP contribution >= 0.6 is 23.2 Å². The third-order valence-corrected chi connectivity index (χ3v) is 5.58. The van der Waals surface area contributed by atoms with E-state index < -0.39 is 11.4 Å². The van der Waals surface area contributed by atoms with Crippen LogP contribution in [0.2, 0.25) is 10.0 Å². The Kier molecular flexibility index (Phi) is 5.68. The van der Waals surface area contributed by atoms with E-state index in [0.717, 1.165) is 0 Å². The maximum Gasteiger partial charge on any atom is 0.341 e. The zero-order chi connectivity index (χ0) is 21.5. The van der Waals surface area contributed by atoms with Crippen molar-refractivity contribution in [2.24, 2.45) is 7.05 Å². The molecule has 0 aliphatic rings. The summed E-state index contributed by atoms with van der Waals surface area (Å²) in [5.74, 6) is -1.36. The van der Waals surface area contributed by atoms with Gasteiger partial charge in [0.25, 0.3) is 5.56 Å². The molecule has 6 nitrogen and oxygen atoms in total. The lowest BCUT2D eigenvalue weighted by Gasteiger charge is -2.21. The van der Waals surface area contributed by atoms with Crippen LogP contribution in [0.15, 0.2) is 46.1 Å². The Hall–Kier alpha value is -2.83. The molecule has 8 heteroatoms. The van der Waals surface area contributed by atoms with E-state index in [2.05, 4.69) is 0 Å². The van der Waals surface area contributed by atoms with E-state index in [1.54, 1.807) is 42.9 Å². The average molecular weight is 433 g/mol. The number of aromatic nitrogens is 2. The molecule has 0 saturated heterocycles. The fourth-order valence-electron chi connectivity index (χ4n) is 3.42. The molecule has 0 saturated carbocycles. The normalized spacial score (nSPS) is 10.9. The van der Waals surface area contributed by atoms with Crippen LogP contribution in [0.5, 0.6) is 0 Å². The van der Waals surface area contributed by atoms with Crippen molar-refractivity contribution in [1.82, 2.24) is 9.13 Å². The molecular weight excluding hydrogens is 415 g/mol. The summed E-state index contributed by atoms with van der Waals surface area (Å²) in [7, 11) is 1.60. The quantitative estimate of drug-likeness (QED) is 0.668. The van der Waals surface area contributed by atoms with Gasteiger partial charge in [-0.2, -0.15) is 0 Å². The van der Waals surface area contributed by atoms with Gasteiger partial charge in [-0.05, 0) is 37.6 Å². The van der Waals surface area contributed by atoms with Crippen molar-refractivity contribution in [3.63, 3.8) is 0 Å². The van der Waals surface area contributed by atoms with Crippen molar-refractivity contribution < 1.29 is 9.90 Å². The molecular formula is C21H18Cl2N2O4. The summed E-state index contributed by atoms with van der Waals surface area (Å²) in [6.45, 7) is 3.97. The smallest absolute Gasteiger partial charge is 0.341 e. The Morgan fingerprint density at radius 3 is 2.31 bits per heavy atom. The van der Waals surface area contributed by atoms with Gasteiger partial charge in [0.15, 0.2) is 0 Å². The average Bonchev–Trinajstić information content (AvgIpc) is 2.66. The first kappa shape index (κ1) is 20.9. The topological polar surface area (TPSA) is 81.3 Å². The lowest BCUT2D eigenvalue weighted by atomic mass is 9.96. The van der Waals surface area contributed by atoms with Crippen LogP contribution in [0.1, 0.15) is 23.0 Å². The number of pyridine rings is 2. The van der Waals surface area contributed by atoms with Gasteiger partial charge in [-0.1, -0.05) is 29.3 Å². The van der Waals surface area contributed by atoms with Crippen LogP contribution in [0.25, 0.3) is 22.4 Å². The number of carbonyl (C=O) groups is 1. The van der Waals surface area contributed by atoms with Crippen LogP contribution in [0, 0.1) is 6.92 Å². The minimum Gasteiger partial charge on any atom is -0.477 e. The second kappa shape index (κ2) is 7.89. The molecule has 1 N–H and O–H groups in total. The van der Waals surface area contributed by atoms with Crippen molar-refractivity contribution in [3.8, 4) is 22.4 Å². The van der Waals surface area contributed by atoms with E-state index >= 15 is 0 Å². The summed E-state index contributed by atoms with van der Waals surface area (Å²) >= 11 is 12.1. The Labute approximate surface area is 176 Å². The molecule has 0 bridgehead atoms. The van der Waals surface area contributed by atoms with Gasteiger partial charge < -0.3 is 14.2 Å². The van der Waals surface area contributed by atoms with Crippen LogP contribution in [0.4, 0.5) is 0 Å². The summed E-state index contributed by atoms with van der Waals surface area (Å²) in [4.78, 5) is 37.5. The van der Waals surface area contributed by atoms with Crippen LogP contribution in [0.3, 0.4) is 0 Å². The molecule has 0 unspecified atom stereocenters. The number of rotatable bonds is 4. The van der Waals surface area contributed by atoms with Gasteiger partial charge in [-0.3, -0.25) is 9.59 Å². The Morgan fingerprint density at radius 2 is 1.76 bits per heavy atom. The van der Waals surface area contributed by atoms with E-state index in [1.165, 1.54) is 16.7 Å². The number of carboxylic acids is 1. The van der Waals surface area contributed by atoms with Gasteiger partial charge in [-0.25, -0.2) is 4.79 Å². The van der Waals surface area contributed by atoms with E-state index in [9.17, 15) is 19.5 Å². The highest BCUT2D eigenvalue weighted by molar-refractivity contribution is 6.42. The summed E-state index contributed by atoms with van der Waals surface area (Å²) in [5, 5.41) is 10.5. The summed E-state index contributed by atoms with van der Waals surface area (Å²) in [6.07, 6.45) is 1.54. The predicted octanol–water partition coefficient (Wildman–Crippen LogP) is 4.21. The van der Waals surface area contributed by atoms with Gasteiger partial charge in [0.1, 0.15) is 5.56 Å². The number of hydrogen-bond donors (Lipinski definition) is 1. The zero-order valence-corrected chi connectivity index (χ0v) is 17.5. The van der Waals surface area contributed by atoms with Crippen LogP contribution < -0.4 is 11.0 Å². The molecule has 29 heavy (non-hydrogen) atoms. The predicted molar refractivity (Wildman–Crippen MR) is 114 cm³/mol. The zero-order valence-electron chi connectivity index (χ0n) is 16.0. The Morgan fingerprint density at radius 1 is 1.07 bits per heavy atom. The van der Waals surface area contributed by atoms with Crippen LogP contribution in [-0.2, 0) is 13.6 Å². The maximum atomic E-state index is 13.3. The van der Waals surface area contributed by atoms with Gasteiger partial charge in [0.2, 0.25) is 5.43 Å². The second-order valence-electron chi connectivity index (χ2n) is 6.56. The van der Waals surface area contributed by atoms with E-state index in [-0.39, 0.29) is 27.4 Å². The number of hydrogen-bond acceptors (Lipinski definition) is 3. The first-order chi connectivity index (χ1) is 13.7. The fraction of sp³-hybridized carbons (Fsp3) is 0.190. The lowest BCUT2D eigenvalue weighted by Crippen LogP contribution is -2.26. The van der Waals surface area contributed by atoms with Gasteiger partial charge in [-0.15, -0.1) is 0 Å². The minimum atomic E-state index is -1.36. The molecule has 0 fully saturated rings. The minimum absolute atomic E-state index is 0.186. The maximum absolute atomic E-state index is 13.3. The van der Waals surface area contributed by atoms with Crippen molar-refractivity contribution in [3.05, 3.63) is 78.4 Å². The van der Waals surface area contributed by atoms with Gasteiger partial charge in [0.05, 0.1) is 15.7 Å². The first-order valence-electron chi connectivity index (χ1n) is 8.80. The molecule has 3 aromatic rings. The van der Waals surface area contributed by atoms with Crippen LogP contribution in [-0.4, -0.2) is 20.2 Å². The van der Waals surface area contributed by atoms with Gasteiger partial charge >= 0.3 is 5.97 Å². The third kappa shape index (κ3) is 3.61. The molecule has 0 amide bonds. The standard InChI is InChI=1S/C21H18Cl2N2O4/c1-4-25-11(2)17(12-7-8-24(3)16(26)10-12)20(27)18(21(28)29)19(25)13-5-6-14(22)15(23)9-13/h5-10H,4H2,1-3H3,(H,28,29). The second-order valence-corrected chi connectivity index (χ2v) is 7.37. The number of carboxylic acid groups (broad SMARTS) is 1. The molecule has 1 aromatic carbocycles.